The summed E-state index contributed by atoms with van der Waals surface area (Å²) in [6.45, 7) is 5.30. The monoisotopic (exact) mass is 377 g/mol. The van der Waals surface area contributed by atoms with Crippen LogP contribution in [0.25, 0.3) is 5.69 Å². The van der Waals surface area contributed by atoms with E-state index >= 15 is 0 Å². The summed E-state index contributed by atoms with van der Waals surface area (Å²) in [5.41, 5.74) is 0.807. The van der Waals surface area contributed by atoms with E-state index in [9.17, 15) is 9.18 Å². The normalized spacial score (nSPS) is 15.2. The Morgan fingerprint density at radius 2 is 1.92 bits per heavy atom. The second-order valence-corrected chi connectivity index (χ2v) is 7.23. The summed E-state index contributed by atoms with van der Waals surface area (Å²) in [7, 11) is 0. The van der Waals surface area contributed by atoms with Gasteiger partial charge in [0.2, 0.25) is 5.91 Å². The number of likely N-dealkylation sites (tertiary alicyclic amines) is 1. The third-order valence-electron chi connectivity index (χ3n) is 4.31. The molecule has 1 amide bonds. The fraction of sp³-hybridized carbons (Fsp3) is 0.500. The lowest BCUT2D eigenvalue weighted by Gasteiger charge is -2.26. The number of nitrogens with zero attached hydrogens (tertiary/aromatic N) is 4. The standard InChI is InChI=1S/C18H24FN5OS/c1-2-20-17(25)13-26-18-22-21-16(12-23-10-4-3-5-11-23)24(18)15-8-6-14(19)7-9-15/h6-9H,2-5,10-13H2,1H3,(H,20,25). The van der Waals surface area contributed by atoms with Crippen molar-refractivity contribution in [3.05, 3.63) is 35.9 Å². The van der Waals surface area contributed by atoms with E-state index in [2.05, 4.69) is 20.4 Å². The van der Waals surface area contributed by atoms with Gasteiger partial charge in [0.15, 0.2) is 11.0 Å². The molecule has 2 heterocycles. The van der Waals surface area contributed by atoms with Crippen LogP contribution >= 0.6 is 11.8 Å². The zero-order valence-electron chi connectivity index (χ0n) is 14.9. The first kappa shape index (κ1) is 18.8. The number of benzene rings is 1. The highest BCUT2D eigenvalue weighted by Crippen LogP contribution is 2.24. The molecule has 8 heteroatoms. The van der Waals surface area contributed by atoms with Gasteiger partial charge in [0, 0.05) is 12.2 Å². The third kappa shape index (κ3) is 4.82. The van der Waals surface area contributed by atoms with Crippen molar-refractivity contribution in [3.8, 4) is 5.69 Å². The van der Waals surface area contributed by atoms with Crippen LogP contribution in [0.3, 0.4) is 0 Å². The first-order valence-corrected chi connectivity index (χ1v) is 9.98. The van der Waals surface area contributed by atoms with Crippen molar-refractivity contribution in [1.82, 2.24) is 25.0 Å². The lowest BCUT2D eigenvalue weighted by molar-refractivity contribution is -0.118. The van der Waals surface area contributed by atoms with Gasteiger partial charge in [-0.2, -0.15) is 0 Å². The van der Waals surface area contributed by atoms with E-state index in [0.717, 1.165) is 24.6 Å². The zero-order valence-corrected chi connectivity index (χ0v) is 15.8. The van der Waals surface area contributed by atoms with Crippen LogP contribution in [-0.4, -0.2) is 51.0 Å². The quantitative estimate of drug-likeness (QED) is 0.752. The molecule has 1 fully saturated rings. The Bertz CT molecular complexity index is 728. The maximum atomic E-state index is 13.3. The minimum absolute atomic E-state index is 0.0382. The van der Waals surface area contributed by atoms with Gasteiger partial charge < -0.3 is 5.32 Å². The SMILES string of the molecule is CCNC(=O)CSc1nnc(CN2CCCCC2)n1-c1ccc(F)cc1. The second-order valence-electron chi connectivity index (χ2n) is 6.29. The summed E-state index contributed by atoms with van der Waals surface area (Å²) < 4.78 is 15.3. The van der Waals surface area contributed by atoms with E-state index in [1.807, 2.05) is 11.5 Å². The number of carbonyl (C=O) groups is 1. The highest BCUT2D eigenvalue weighted by Gasteiger charge is 2.19. The van der Waals surface area contributed by atoms with Gasteiger partial charge >= 0.3 is 0 Å². The van der Waals surface area contributed by atoms with Crippen molar-refractivity contribution in [1.29, 1.82) is 0 Å². The molecule has 1 aliphatic rings. The van der Waals surface area contributed by atoms with Crippen molar-refractivity contribution in [3.63, 3.8) is 0 Å². The van der Waals surface area contributed by atoms with Gasteiger partial charge in [0.25, 0.3) is 0 Å². The van der Waals surface area contributed by atoms with E-state index in [4.69, 9.17) is 0 Å². The minimum atomic E-state index is -0.282. The topological polar surface area (TPSA) is 63.1 Å². The molecule has 1 aliphatic heterocycles. The number of piperidine rings is 1. The van der Waals surface area contributed by atoms with E-state index in [-0.39, 0.29) is 17.5 Å². The van der Waals surface area contributed by atoms with Crippen molar-refractivity contribution >= 4 is 17.7 Å². The number of nitrogens with one attached hydrogen (secondary N) is 1. The Kier molecular flexibility index (Phi) is 6.62. The van der Waals surface area contributed by atoms with Crippen LogP contribution in [-0.2, 0) is 11.3 Å². The van der Waals surface area contributed by atoms with Crippen LogP contribution in [0.1, 0.15) is 32.0 Å². The first-order chi connectivity index (χ1) is 12.7. The van der Waals surface area contributed by atoms with Gasteiger partial charge in [0.1, 0.15) is 5.82 Å². The predicted octanol–water partition coefficient (Wildman–Crippen LogP) is 2.62. The molecule has 0 saturated carbocycles. The molecule has 1 saturated heterocycles. The number of hydrogen-bond donors (Lipinski definition) is 1. The smallest absolute Gasteiger partial charge is 0.230 e. The molecule has 3 rings (SSSR count). The molecule has 1 aromatic carbocycles. The van der Waals surface area contributed by atoms with Crippen LogP contribution < -0.4 is 5.32 Å². The molecule has 0 unspecified atom stereocenters. The van der Waals surface area contributed by atoms with Crippen LogP contribution in [0.5, 0.6) is 0 Å². The van der Waals surface area contributed by atoms with Gasteiger partial charge in [-0.25, -0.2) is 4.39 Å². The van der Waals surface area contributed by atoms with Crippen molar-refractivity contribution in [2.75, 3.05) is 25.4 Å². The highest BCUT2D eigenvalue weighted by molar-refractivity contribution is 7.99. The van der Waals surface area contributed by atoms with Gasteiger partial charge in [-0.1, -0.05) is 18.2 Å². The lowest BCUT2D eigenvalue weighted by Crippen LogP contribution is -2.30. The molecule has 0 aliphatic carbocycles. The predicted molar refractivity (Wildman–Crippen MR) is 99.9 cm³/mol. The van der Waals surface area contributed by atoms with Crippen LogP contribution in [0.2, 0.25) is 0 Å². The van der Waals surface area contributed by atoms with Crippen LogP contribution in [0, 0.1) is 5.82 Å². The Balaban J connectivity index is 1.83. The van der Waals surface area contributed by atoms with Gasteiger partial charge in [0.05, 0.1) is 12.3 Å². The number of hydrogen-bond acceptors (Lipinski definition) is 5. The molecule has 1 N–H and O–H groups in total. The molecule has 0 bridgehead atoms. The van der Waals surface area contributed by atoms with E-state index in [1.54, 1.807) is 12.1 Å². The lowest BCUT2D eigenvalue weighted by atomic mass is 10.1. The fourth-order valence-corrected chi connectivity index (χ4v) is 3.84. The van der Waals surface area contributed by atoms with Crippen molar-refractivity contribution < 1.29 is 9.18 Å². The molecule has 140 valence electrons. The van der Waals surface area contributed by atoms with Gasteiger partial charge in [-0.15, -0.1) is 10.2 Å². The number of halogens is 1. The maximum Gasteiger partial charge on any atom is 0.230 e. The van der Waals surface area contributed by atoms with E-state index in [0.29, 0.717) is 18.2 Å². The summed E-state index contributed by atoms with van der Waals surface area (Å²) in [6.07, 6.45) is 3.67. The molecule has 0 spiro atoms. The molecule has 2 aromatic rings. The largest absolute Gasteiger partial charge is 0.356 e. The number of carbonyl (C=O) groups excluding carboxylic acids is 1. The molecule has 1 aromatic heterocycles. The van der Waals surface area contributed by atoms with E-state index < -0.39 is 0 Å². The van der Waals surface area contributed by atoms with Crippen LogP contribution in [0.4, 0.5) is 4.39 Å². The Hall–Kier alpha value is -1.93. The first-order valence-electron chi connectivity index (χ1n) is 8.99. The summed E-state index contributed by atoms with van der Waals surface area (Å²) in [4.78, 5) is 14.2. The van der Waals surface area contributed by atoms with Crippen LogP contribution in [0.15, 0.2) is 29.4 Å². The average molecular weight is 377 g/mol. The number of aromatic nitrogens is 3. The molecule has 6 nitrogen and oxygen atoms in total. The Morgan fingerprint density at radius 3 is 2.62 bits per heavy atom. The Labute approximate surface area is 157 Å². The maximum absolute atomic E-state index is 13.3. The summed E-state index contributed by atoms with van der Waals surface area (Å²) in [5.74, 6) is 0.772. The molecule has 26 heavy (non-hydrogen) atoms. The second kappa shape index (κ2) is 9.14. The number of amides is 1. The molecular weight excluding hydrogens is 353 g/mol. The number of rotatable bonds is 7. The van der Waals surface area contributed by atoms with Crippen molar-refractivity contribution in [2.24, 2.45) is 0 Å². The Morgan fingerprint density at radius 1 is 1.19 bits per heavy atom. The average Bonchev–Trinajstić information content (AvgIpc) is 3.04. The highest BCUT2D eigenvalue weighted by atomic mass is 32.2. The minimum Gasteiger partial charge on any atom is -0.356 e. The summed E-state index contributed by atoms with van der Waals surface area (Å²) >= 11 is 1.34. The van der Waals surface area contributed by atoms with Crippen molar-refractivity contribution in [2.45, 2.75) is 37.9 Å². The number of thioether (sulfide) groups is 1. The summed E-state index contributed by atoms with van der Waals surface area (Å²) in [6, 6.07) is 6.29. The van der Waals surface area contributed by atoms with Gasteiger partial charge in [-0.3, -0.25) is 14.3 Å². The molecule has 0 atom stereocenters. The zero-order chi connectivity index (χ0) is 18.4. The molecular formula is C18H24FN5OS. The third-order valence-corrected chi connectivity index (χ3v) is 5.23. The fourth-order valence-electron chi connectivity index (χ4n) is 3.04. The van der Waals surface area contributed by atoms with E-state index in [1.165, 1.54) is 43.2 Å². The molecule has 0 radical (unpaired) electrons. The summed E-state index contributed by atoms with van der Waals surface area (Å²) in [5, 5.41) is 12.1. The van der Waals surface area contributed by atoms with Gasteiger partial charge in [-0.05, 0) is 57.1 Å².